The summed E-state index contributed by atoms with van der Waals surface area (Å²) < 4.78 is 1.91. The number of amides is 1. The first kappa shape index (κ1) is 13.1. The number of nitrogens with one attached hydrogen (secondary N) is 2. The van der Waals surface area contributed by atoms with Gasteiger partial charge in [-0.2, -0.15) is 0 Å². The molecule has 2 heterocycles. The van der Waals surface area contributed by atoms with Gasteiger partial charge in [0.05, 0.1) is 17.6 Å². The van der Waals surface area contributed by atoms with Crippen molar-refractivity contribution in [2.45, 2.75) is 13.5 Å². The molecule has 0 atom stereocenters. The molecule has 19 heavy (non-hydrogen) atoms. The van der Waals surface area contributed by atoms with Gasteiger partial charge in [-0.1, -0.05) is 0 Å². The van der Waals surface area contributed by atoms with Gasteiger partial charge >= 0.3 is 0 Å². The van der Waals surface area contributed by atoms with Crippen LogP contribution < -0.4 is 10.6 Å². The summed E-state index contributed by atoms with van der Waals surface area (Å²) in [5.74, 6) is -0.128. The monoisotopic (exact) mass is 259 g/mol. The lowest BCUT2D eigenvalue weighted by Crippen LogP contribution is -2.27. The van der Waals surface area contributed by atoms with Crippen LogP contribution in [-0.2, 0) is 6.54 Å². The van der Waals surface area contributed by atoms with Crippen molar-refractivity contribution < 1.29 is 4.79 Å². The minimum absolute atomic E-state index is 0.128. The highest BCUT2D eigenvalue weighted by molar-refractivity contribution is 5.99. The maximum Gasteiger partial charge on any atom is 0.255 e. The first-order chi connectivity index (χ1) is 9.20. The molecule has 0 aliphatic rings. The van der Waals surface area contributed by atoms with Gasteiger partial charge < -0.3 is 15.2 Å². The van der Waals surface area contributed by atoms with Gasteiger partial charge in [-0.05, 0) is 13.0 Å². The molecule has 0 fully saturated rings. The Labute approximate surface area is 111 Å². The number of anilines is 1. The lowest BCUT2D eigenvalue weighted by molar-refractivity contribution is 0.0952. The van der Waals surface area contributed by atoms with Crippen LogP contribution in [0.2, 0.25) is 0 Å². The van der Waals surface area contributed by atoms with Crippen molar-refractivity contribution in [3.8, 4) is 0 Å². The highest BCUT2D eigenvalue weighted by Gasteiger charge is 2.10. The van der Waals surface area contributed by atoms with Crippen molar-refractivity contribution in [3.05, 3.63) is 42.2 Å². The lowest BCUT2D eigenvalue weighted by atomic mass is 10.2. The van der Waals surface area contributed by atoms with Gasteiger partial charge in [-0.3, -0.25) is 9.78 Å². The molecule has 100 valence electrons. The van der Waals surface area contributed by atoms with E-state index in [1.54, 1.807) is 25.8 Å². The average molecular weight is 259 g/mol. The summed E-state index contributed by atoms with van der Waals surface area (Å²) in [5, 5.41) is 5.87. The second-order valence-corrected chi connectivity index (χ2v) is 4.18. The number of carbonyl (C=O) groups is 1. The summed E-state index contributed by atoms with van der Waals surface area (Å²) in [6.45, 7) is 3.13. The Morgan fingerprint density at radius 1 is 1.47 bits per heavy atom. The molecule has 0 unspecified atom stereocenters. The zero-order chi connectivity index (χ0) is 13.7. The molecule has 0 spiro atoms. The molecule has 0 aliphatic heterocycles. The molecule has 2 rings (SSSR count). The maximum absolute atomic E-state index is 12.0. The van der Waals surface area contributed by atoms with Crippen molar-refractivity contribution in [2.24, 2.45) is 0 Å². The van der Waals surface area contributed by atoms with Crippen LogP contribution in [0.5, 0.6) is 0 Å². The van der Waals surface area contributed by atoms with E-state index in [1.165, 1.54) is 0 Å². The zero-order valence-electron chi connectivity index (χ0n) is 11.1. The van der Waals surface area contributed by atoms with Gasteiger partial charge in [0, 0.05) is 44.4 Å². The SMILES string of the molecule is CNc1cc(C)ncc1C(=O)NCCn1ccnc1. The minimum atomic E-state index is -0.128. The van der Waals surface area contributed by atoms with Gasteiger partial charge in [0.15, 0.2) is 0 Å². The standard InChI is InChI=1S/C13H17N5O/c1-10-7-12(14-2)11(8-17-10)13(19)16-4-6-18-5-3-15-9-18/h3,5,7-9H,4,6H2,1-2H3,(H,14,17)(H,16,19). The summed E-state index contributed by atoms with van der Waals surface area (Å²) in [7, 11) is 1.79. The van der Waals surface area contributed by atoms with Crippen molar-refractivity contribution in [2.75, 3.05) is 18.9 Å². The number of aromatic nitrogens is 3. The number of imidazole rings is 1. The Kier molecular flexibility index (Phi) is 4.12. The molecule has 0 saturated carbocycles. The second kappa shape index (κ2) is 5.99. The molecule has 0 aliphatic carbocycles. The van der Waals surface area contributed by atoms with E-state index in [0.717, 1.165) is 11.4 Å². The van der Waals surface area contributed by atoms with Gasteiger partial charge in [-0.25, -0.2) is 4.98 Å². The summed E-state index contributed by atoms with van der Waals surface area (Å²) in [6, 6.07) is 1.85. The van der Waals surface area contributed by atoms with E-state index in [0.29, 0.717) is 18.7 Å². The Balaban J connectivity index is 1.96. The highest BCUT2D eigenvalue weighted by atomic mass is 16.1. The quantitative estimate of drug-likeness (QED) is 0.842. The molecule has 0 bridgehead atoms. The largest absolute Gasteiger partial charge is 0.387 e. The highest BCUT2D eigenvalue weighted by Crippen LogP contribution is 2.14. The summed E-state index contributed by atoms with van der Waals surface area (Å²) in [4.78, 5) is 20.1. The van der Waals surface area contributed by atoms with Crippen LogP contribution in [0.3, 0.4) is 0 Å². The molecule has 0 saturated heterocycles. The van der Waals surface area contributed by atoms with E-state index in [4.69, 9.17) is 0 Å². The van der Waals surface area contributed by atoms with E-state index in [-0.39, 0.29) is 5.91 Å². The molecule has 6 heteroatoms. The van der Waals surface area contributed by atoms with Crippen molar-refractivity contribution >= 4 is 11.6 Å². The van der Waals surface area contributed by atoms with Crippen LogP contribution in [0.1, 0.15) is 16.1 Å². The fraction of sp³-hybridized carbons (Fsp3) is 0.308. The van der Waals surface area contributed by atoms with Crippen LogP contribution in [0, 0.1) is 6.92 Å². The molecule has 0 radical (unpaired) electrons. The Bertz CT molecular complexity index is 550. The Morgan fingerprint density at radius 2 is 2.32 bits per heavy atom. The third-order valence-electron chi connectivity index (χ3n) is 2.77. The first-order valence-electron chi connectivity index (χ1n) is 6.09. The predicted molar refractivity (Wildman–Crippen MR) is 73.1 cm³/mol. The third-order valence-corrected chi connectivity index (χ3v) is 2.77. The van der Waals surface area contributed by atoms with E-state index < -0.39 is 0 Å². The molecule has 2 aromatic heterocycles. The molecular formula is C13H17N5O. The van der Waals surface area contributed by atoms with Crippen molar-refractivity contribution in [1.29, 1.82) is 0 Å². The number of aryl methyl sites for hydroxylation is 1. The molecular weight excluding hydrogens is 242 g/mol. The van der Waals surface area contributed by atoms with Gasteiger partial charge in [0.2, 0.25) is 0 Å². The molecule has 0 aromatic carbocycles. The van der Waals surface area contributed by atoms with E-state index in [2.05, 4.69) is 20.6 Å². The smallest absolute Gasteiger partial charge is 0.255 e. The molecule has 2 N–H and O–H groups in total. The number of hydrogen-bond donors (Lipinski definition) is 2. The van der Waals surface area contributed by atoms with Gasteiger partial charge in [0.1, 0.15) is 0 Å². The van der Waals surface area contributed by atoms with Crippen molar-refractivity contribution in [1.82, 2.24) is 19.9 Å². The average Bonchev–Trinajstić information content (AvgIpc) is 2.91. The predicted octanol–water partition coefficient (Wildman–Crippen LogP) is 1.06. The van der Waals surface area contributed by atoms with Crippen LogP contribution in [0.15, 0.2) is 31.0 Å². The topological polar surface area (TPSA) is 71.8 Å². The summed E-state index contributed by atoms with van der Waals surface area (Å²) in [6.07, 6.45) is 6.88. The fourth-order valence-corrected chi connectivity index (χ4v) is 1.76. The van der Waals surface area contributed by atoms with Crippen LogP contribution in [0.25, 0.3) is 0 Å². The number of hydrogen-bond acceptors (Lipinski definition) is 4. The van der Waals surface area contributed by atoms with Crippen LogP contribution in [-0.4, -0.2) is 34.0 Å². The van der Waals surface area contributed by atoms with E-state index in [1.807, 2.05) is 23.8 Å². The van der Waals surface area contributed by atoms with Gasteiger partial charge in [0.25, 0.3) is 5.91 Å². The summed E-state index contributed by atoms with van der Waals surface area (Å²) in [5.41, 5.74) is 2.21. The van der Waals surface area contributed by atoms with E-state index >= 15 is 0 Å². The normalized spacial score (nSPS) is 10.2. The summed E-state index contributed by atoms with van der Waals surface area (Å²) >= 11 is 0. The fourth-order valence-electron chi connectivity index (χ4n) is 1.76. The number of carbonyl (C=O) groups excluding carboxylic acids is 1. The second-order valence-electron chi connectivity index (χ2n) is 4.18. The first-order valence-corrected chi connectivity index (χ1v) is 6.09. The molecule has 6 nitrogen and oxygen atoms in total. The van der Waals surface area contributed by atoms with Gasteiger partial charge in [-0.15, -0.1) is 0 Å². The lowest BCUT2D eigenvalue weighted by Gasteiger charge is -2.10. The zero-order valence-corrected chi connectivity index (χ0v) is 11.1. The number of rotatable bonds is 5. The minimum Gasteiger partial charge on any atom is -0.387 e. The third kappa shape index (κ3) is 3.31. The number of pyridine rings is 1. The Hall–Kier alpha value is -2.37. The molecule has 2 aromatic rings. The van der Waals surface area contributed by atoms with Crippen LogP contribution in [0.4, 0.5) is 5.69 Å². The molecule has 1 amide bonds. The van der Waals surface area contributed by atoms with Crippen LogP contribution >= 0.6 is 0 Å². The Morgan fingerprint density at radius 3 is 3.00 bits per heavy atom. The van der Waals surface area contributed by atoms with Crippen molar-refractivity contribution in [3.63, 3.8) is 0 Å². The maximum atomic E-state index is 12.0. The van der Waals surface area contributed by atoms with E-state index in [9.17, 15) is 4.79 Å². The number of nitrogens with zero attached hydrogens (tertiary/aromatic N) is 3.